The van der Waals surface area contributed by atoms with Crippen LogP contribution < -0.4 is 11.1 Å². The number of nitrogens with two attached hydrogens (primary N) is 1. The molecule has 0 fully saturated rings. The Hall–Kier alpha value is -3.25. The Bertz CT molecular complexity index is 1080. The summed E-state index contributed by atoms with van der Waals surface area (Å²) in [7, 11) is 0. The molecule has 0 aliphatic rings. The second-order valence-electron chi connectivity index (χ2n) is 6.52. The van der Waals surface area contributed by atoms with Gasteiger partial charge in [-0.15, -0.1) is 0 Å². The Morgan fingerprint density at radius 1 is 0.963 bits per heavy atom. The van der Waals surface area contributed by atoms with E-state index in [1.165, 1.54) is 5.56 Å². The third-order valence-corrected chi connectivity index (χ3v) is 4.57. The van der Waals surface area contributed by atoms with E-state index in [9.17, 15) is 0 Å². The Kier molecular flexibility index (Phi) is 4.56. The van der Waals surface area contributed by atoms with Crippen LogP contribution in [0, 0.1) is 13.8 Å². The highest BCUT2D eigenvalue weighted by molar-refractivity contribution is 5.86. The zero-order valence-electron chi connectivity index (χ0n) is 15.5. The largest absolute Gasteiger partial charge is 0.350 e. The van der Waals surface area contributed by atoms with Crippen molar-refractivity contribution in [3.05, 3.63) is 77.2 Å². The second-order valence-corrected chi connectivity index (χ2v) is 6.52. The van der Waals surface area contributed by atoms with E-state index in [1.54, 1.807) is 0 Å². The van der Waals surface area contributed by atoms with E-state index in [2.05, 4.69) is 62.1 Å². The van der Waals surface area contributed by atoms with Gasteiger partial charge in [0.15, 0.2) is 0 Å². The van der Waals surface area contributed by atoms with Gasteiger partial charge in [-0.3, -0.25) is 4.57 Å². The number of hydrogen-bond acceptors (Lipinski definition) is 5. The van der Waals surface area contributed by atoms with Crippen LogP contribution in [0.5, 0.6) is 0 Å². The van der Waals surface area contributed by atoms with Crippen molar-refractivity contribution < 1.29 is 0 Å². The standard InChI is InChI=1S/C21H22N6/c1-14-11-18-17(12-22)9-6-10-19(18)27(14)21-25-15(2)24-20(26-21)23-13-16-7-4-3-5-8-16/h3-11H,12-13,22H2,1-2H3,(H,23,24,25,26). The molecule has 0 radical (unpaired) electrons. The van der Waals surface area contributed by atoms with E-state index in [1.807, 2.05) is 31.2 Å². The number of aromatic nitrogens is 4. The van der Waals surface area contributed by atoms with Gasteiger partial charge >= 0.3 is 0 Å². The van der Waals surface area contributed by atoms with Crippen molar-refractivity contribution in [2.75, 3.05) is 5.32 Å². The molecule has 0 aliphatic carbocycles. The highest BCUT2D eigenvalue weighted by Crippen LogP contribution is 2.25. The van der Waals surface area contributed by atoms with Crippen LogP contribution in [-0.2, 0) is 13.1 Å². The summed E-state index contributed by atoms with van der Waals surface area (Å²) < 4.78 is 2.05. The summed E-state index contributed by atoms with van der Waals surface area (Å²) in [6.07, 6.45) is 0. The third kappa shape index (κ3) is 3.39. The number of nitrogens with one attached hydrogen (secondary N) is 1. The molecule has 4 rings (SSSR count). The monoisotopic (exact) mass is 358 g/mol. The maximum atomic E-state index is 5.90. The summed E-state index contributed by atoms with van der Waals surface area (Å²) in [6, 6.07) is 18.5. The summed E-state index contributed by atoms with van der Waals surface area (Å²) in [4.78, 5) is 13.7. The first-order valence-corrected chi connectivity index (χ1v) is 8.96. The second kappa shape index (κ2) is 7.17. The van der Waals surface area contributed by atoms with Crippen LogP contribution in [0.2, 0.25) is 0 Å². The van der Waals surface area contributed by atoms with Crippen molar-refractivity contribution in [2.24, 2.45) is 5.73 Å². The van der Waals surface area contributed by atoms with Crippen LogP contribution in [0.1, 0.15) is 22.6 Å². The summed E-state index contributed by atoms with van der Waals surface area (Å²) >= 11 is 0. The highest BCUT2D eigenvalue weighted by Gasteiger charge is 2.14. The molecule has 0 aliphatic heterocycles. The zero-order valence-corrected chi connectivity index (χ0v) is 15.5. The molecule has 2 aromatic carbocycles. The number of anilines is 1. The average molecular weight is 358 g/mol. The van der Waals surface area contributed by atoms with E-state index < -0.39 is 0 Å². The van der Waals surface area contributed by atoms with Crippen molar-refractivity contribution in [2.45, 2.75) is 26.9 Å². The molecule has 0 bridgehead atoms. The molecule has 6 nitrogen and oxygen atoms in total. The Morgan fingerprint density at radius 3 is 2.56 bits per heavy atom. The maximum absolute atomic E-state index is 5.90. The molecule has 6 heteroatoms. The molecular formula is C21H22N6. The molecule has 136 valence electrons. The van der Waals surface area contributed by atoms with Crippen molar-refractivity contribution in [3.63, 3.8) is 0 Å². The number of hydrogen-bond donors (Lipinski definition) is 2. The lowest BCUT2D eigenvalue weighted by Crippen LogP contribution is -2.11. The quantitative estimate of drug-likeness (QED) is 0.571. The molecule has 2 aromatic heterocycles. The minimum absolute atomic E-state index is 0.501. The third-order valence-electron chi connectivity index (χ3n) is 4.57. The van der Waals surface area contributed by atoms with Gasteiger partial charge in [0.25, 0.3) is 0 Å². The van der Waals surface area contributed by atoms with Gasteiger partial charge in [0.05, 0.1) is 5.52 Å². The summed E-state index contributed by atoms with van der Waals surface area (Å²) in [6.45, 7) is 5.09. The SMILES string of the molecule is Cc1nc(NCc2ccccc2)nc(-n2c(C)cc3c(CN)cccc32)n1. The number of aryl methyl sites for hydroxylation is 2. The van der Waals surface area contributed by atoms with Crippen molar-refractivity contribution >= 4 is 16.9 Å². The summed E-state index contributed by atoms with van der Waals surface area (Å²) in [5.41, 5.74) is 10.3. The molecule has 0 spiro atoms. The van der Waals surface area contributed by atoms with Crippen LogP contribution in [-0.4, -0.2) is 19.5 Å². The van der Waals surface area contributed by atoms with E-state index in [-0.39, 0.29) is 0 Å². The highest BCUT2D eigenvalue weighted by atomic mass is 15.2. The maximum Gasteiger partial charge on any atom is 0.239 e. The van der Waals surface area contributed by atoms with Gasteiger partial charge < -0.3 is 11.1 Å². The Morgan fingerprint density at radius 2 is 1.78 bits per heavy atom. The average Bonchev–Trinajstić information content (AvgIpc) is 3.02. The number of nitrogens with zero attached hydrogens (tertiary/aromatic N) is 4. The van der Waals surface area contributed by atoms with E-state index in [4.69, 9.17) is 5.73 Å². The lowest BCUT2D eigenvalue weighted by Gasteiger charge is -2.11. The van der Waals surface area contributed by atoms with Crippen molar-refractivity contribution in [1.82, 2.24) is 19.5 Å². The lowest BCUT2D eigenvalue weighted by atomic mass is 10.1. The topological polar surface area (TPSA) is 81.7 Å². The molecule has 4 aromatic rings. The van der Waals surface area contributed by atoms with Crippen molar-refractivity contribution in [3.8, 4) is 5.95 Å². The molecule has 27 heavy (non-hydrogen) atoms. The molecule has 0 unspecified atom stereocenters. The van der Waals surface area contributed by atoms with E-state index in [0.717, 1.165) is 22.2 Å². The fourth-order valence-corrected chi connectivity index (χ4v) is 3.29. The van der Waals surface area contributed by atoms with Gasteiger partial charge in [0.2, 0.25) is 11.9 Å². The first-order valence-electron chi connectivity index (χ1n) is 8.96. The zero-order chi connectivity index (χ0) is 18.8. The first-order chi connectivity index (χ1) is 13.2. The summed E-state index contributed by atoms with van der Waals surface area (Å²) in [5, 5.41) is 4.43. The molecule has 0 atom stereocenters. The molecule has 0 saturated carbocycles. The number of benzene rings is 2. The van der Waals surface area contributed by atoms with E-state index >= 15 is 0 Å². The van der Waals surface area contributed by atoms with Gasteiger partial charge in [-0.2, -0.15) is 15.0 Å². The van der Waals surface area contributed by atoms with Gasteiger partial charge in [-0.1, -0.05) is 42.5 Å². The molecular weight excluding hydrogens is 336 g/mol. The van der Waals surface area contributed by atoms with Crippen molar-refractivity contribution in [1.29, 1.82) is 0 Å². The molecule has 2 heterocycles. The van der Waals surface area contributed by atoms with Crippen LogP contribution in [0.4, 0.5) is 5.95 Å². The minimum Gasteiger partial charge on any atom is -0.350 e. The molecule has 0 saturated heterocycles. The van der Waals surface area contributed by atoms with Gasteiger partial charge in [-0.05, 0) is 37.1 Å². The lowest BCUT2D eigenvalue weighted by molar-refractivity contribution is 0.864. The predicted molar refractivity (Wildman–Crippen MR) is 108 cm³/mol. The molecule has 0 amide bonds. The van der Waals surface area contributed by atoms with Gasteiger partial charge in [0.1, 0.15) is 5.82 Å². The van der Waals surface area contributed by atoms with Crippen LogP contribution in [0.3, 0.4) is 0 Å². The number of fused-ring (bicyclic) bond motifs is 1. The summed E-state index contributed by atoms with van der Waals surface area (Å²) in [5.74, 6) is 1.85. The van der Waals surface area contributed by atoms with Gasteiger partial charge in [-0.25, -0.2) is 0 Å². The normalized spacial score (nSPS) is 11.1. The molecule has 3 N–H and O–H groups in total. The van der Waals surface area contributed by atoms with Crippen LogP contribution >= 0.6 is 0 Å². The smallest absolute Gasteiger partial charge is 0.239 e. The Labute approximate surface area is 158 Å². The number of rotatable bonds is 5. The fraction of sp³-hybridized carbons (Fsp3) is 0.190. The van der Waals surface area contributed by atoms with E-state index in [0.29, 0.717) is 30.8 Å². The Balaban J connectivity index is 1.73. The predicted octanol–water partition coefficient (Wildman–Crippen LogP) is 3.50. The van der Waals surface area contributed by atoms with Crippen LogP contribution in [0.25, 0.3) is 16.9 Å². The first kappa shape index (κ1) is 17.2. The van der Waals surface area contributed by atoms with Gasteiger partial charge in [0, 0.05) is 24.2 Å². The van der Waals surface area contributed by atoms with Crippen LogP contribution in [0.15, 0.2) is 54.6 Å². The fourth-order valence-electron chi connectivity index (χ4n) is 3.29. The minimum atomic E-state index is 0.501.